The normalized spacial score (nSPS) is 11.3. The van der Waals surface area contributed by atoms with Crippen molar-refractivity contribution in [1.82, 2.24) is 4.72 Å². The fourth-order valence-corrected chi connectivity index (χ4v) is 3.75. The van der Waals surface area contributed by atoms with Crippen LogP contribution in [0, 0.1) is 0 Å². The Labute approximate surface area is 173 Å². The molecular weight excluding hydrogens is 427 g/mol. The van der Waals surface area contributed by atoms with Gasteiger partial charge in [-0.1, -0.05) is 29.3 Å². The maximum absolute atomic E-state index is 12.1. The number of benzene rings is 2. The smallest absolute Gasteiger partial charge is 0.338 e. The summed E-state index contributed by atoms with van der Waals surface area (Å²) in [4.78, 5) is 24.0. The second-order valence-electron chi connectivity index (χ2n) is 6.03. The SMILES string of the molecule is CC(C)NS(=O)(=O)c1ccc(C(=O)OCC(=O)Nc2cccc(Cl)c2Cl)cc1. The van der Waals surface area contributed by atoms with Crippen molar-refractivity contribution in [1.29, 1.82) is 0 Å². The van der Waals surface area contributed by atoms with Gasteiger partial charge in [0.25, 0.3) is 5.91 Å². The Balaban J connectivity index is 1.96. The highest BCUT2D eigenvalue weighted by Gasteiger charge is 2.17. The van der Waals surface area contributed by atoms with E-state index in [1.165, 1.54) is 24.3 Å². The van der Waals surface area contributed by atoms with Crippen LogP contribution >= 0.6 is 23.2 Å². The van der Waals surface area contributed by atoms with Crippen molar-refractivity contribution in [3.8, 4) is 0 Å². The Morgan fingerprint density at radius 1 is 1.07 bits per heavy atom. The quantitative estimate of drug-likeness (QED) is 0.636. The van der Waals surface area contributed by atoms with Gasteiger partial charge in [0.2, 0.25) is 10.0 Å². The lowest BCUT2D eigenvalue weighted by molar-refractivity contribution is -0.119. The van der Waals surface area contributed by atoms with Crippen LogP contribution in [-0.2, 0) is 19.6 Å². The van der Waals surface area contributed by atoms with Gasteiger partial charge >= 0.3 is 5.97 Å². The number of amides is 1. The first-order valence-corrected chi connectivity index (χ1v) is 10.4. The van der Waals surface area contributed by atoms with Crippen molar-refractivity contribution in [2.45, 2.75) is 24.8 Å². The number of nitrogens with one attached hydrogen (secondary N) is 2. The van der Waals surface area contributed by atoms with Crippen LogP contribution in [0.2, 0.25) is 10.0 Å². The summed E-state index contributed by atoms with van der Waals surface area (Å²) in [7, 11) is -3.66. The van der Waals surface area contributed by atoms with E-state index in [1.807, 2.05) is 0 Å². The van der Waals surface area contributed by atoms with Gasteiger partial charge in [-0.05, 0) is 50.2 Å². The summed E-state index contributed by atoms with van der Waals surface area (Å²) in [6, 6.07) is 9.66. The molecule has 28 heavy (non-hydrogen) atoms. The van der Waals surface area contributed by atoms with Crippen molar-refractivity contribution in [2.75, 3.05) is 11.9 Å². The van der Waals surface area contributed by atoms with Crippen molar-refractivity contribution >= 4 is 50.8 Å². The third kappa shape index (κ3) is 5.93. The second kappa shape index (κ2) is 9.38. The van der Waals surface area contributed by atoms with Crippen LogP contribution in [0.3, 0.4) is 0 Å². The van der Waals surface area contributed by atoms with Gasteiger partial charge in [-0.3, -0.25) is 4.79 Å². The Morgan fingerprint density at radius 2 is 1.71 bits per heavy atom. The van der Waals surface area contributed by atoms with E-state index in [4.69, 9.17) is 27.9 Å². The summed E-state index contributed by atoms with van der Waals surface area (Å²) < 4.78 is 31.5. The van der Waals surface area contributed by atoms with Gasteiger partial charge in [-0.25, -0.2) is 17.9 Å². The molecule has 0 radical (unpaired) electrons. The number of ether oxygens (including phenoxy) is 1. The highest BCUT2D eigenvalue weighted by atomic mass is 35.5. The Morgan fingerprint density at radius 3 is 2.32 bits per heavy atom. The molecular formula is C18H18Cl2N2O5S. The molecule has 0 aliphatic rings. The average Bonchev–Trinajstić information content (AvgIpc) is 2.62. The lowest BCUT2D eigenvalue weighted by Crippen LogP contribution is -2.30. The van der Waals surface area contributed by atoms with Crippen molar-refractivity contribution in [2.24, 2.45) is 0 Å². The number of hydrogen-bond acceptors (Lipinski definition) is 5. The van der Waals surface area contributed by atoms with Crippen LogP contribution in [0.15, 0.2) is 47.4 Å². The number of anilines is 1. The Hall–Kier alpha value is -2.13. The van der Waals surface area contributed by atoms with E-state index >= 15 is 0 Å². The minimum absolute atomic E-state index is 0.0195. The molecule has 1 amide bonds. The number of halogens is 2. The summed E-state index contributed by atoms with van der Waals surface area (Å²) in [6.45, 7) is 2.85. The van der Waals surface area contributed by atoms with Crippen LogP contribution in [0.4, 0.5) is 5.69 Å². The largest absolute Gasteiger partial charge is 0.452 e. The summed E-state index contributed by atoms with van der Waals surface area (Å²) >= 11 is 11.8. The average molecular weight is 445 g/mol. The standard InChI is InChI=1S/C18H18Cl2N2O5S/c1-11(2)22-28(25,26)13-8-6-12(7-9-13)18(24)27-10-16(23)21-15-5-3-4-14(19)17(15)20/h3-9,11,22H,10H2,1-2H3,(H,21,23). The Kier molecular flexibility index (Phi) is 7.42. The van der Waals surface area contributed by atoms with E-state index in [1.54, 1.807) is 32.0 Å². The molecule has 2 aromatic carbocycles. The fourth-order valence-electron chi connectivity index (χ4n) is 2.15. The van der Waals surface area contributed by atoms with Crippen LogP contribution in [0.5, 0.6) is 0 Å². The zero-order valence-corrected chi connectivity index (χ0v) is 17.4. The molecule has 0 atom stereocenters. The van der Waals surface area contributed by atoms with Gasteiger partial charge in [-0.2, -0.15) is 0 Å². The number of rotatable bonds is 7. The molecule has 0 heterocycles. The van der Waals surface area contributed by atoms with Gasteiger partial charge in [0.1, 0.15) is 0 Å². The van der Waals surface area contributed by atoms with Crippen LogP contribution in [-0.4, -0.2) is 32.9 Å². The highest BCUT2D eigenvalue weighted by molar-refractivity contribution is 7.89. The molecule has 2 N–H and O–H groups in total. The monoisotopic (exact) mass is 444 g/mol. The predicted molar refractivity (Wildman–Crippen MR) is 107 cm³/mol. The number of carbonyl (C=O) groups excluding carboxylic acids is 2. The first kappa shape index (κ1) is 22.2. The molecule has 150 valence electrons. The zero-order valence-electron chi connectivity index (χ0n) is 15.0. The minimum Gasteiger partial charge on any atom is -0.452 e. The molecule has 0 unspecified atom stereocenters. The van der Waals surface area contributed by atoms with E-state index in [2.05, 4.69) is 10.0 Å². The van der Waals surface area contributed by atoms with E-state index in [-0.39, 0.29) is 26.5 Å². The van der Waals surface area contributed by atoms with Crippen LogP contribution < -0.4 is 10.0 Å². The molecule has 2 rings (SSSR count). The number of hydrogen-bond donors (Lipinski definition) is 2. The van der Waals surface area contributed by atoms with Gasteiger partial charge in [-0.15, -0.1) is 0 Å². The highest BCUT2D eigenvalue weighted by Crippen LogP contribution is 2.29. The second-order valence-corrected chi connectivity index (χ2v) is 8.53. The van der Waals surface area contributed by atoms with Gasteiger partial charge in [0, 0.05) is 6.04 Å². The molecule has 10 heteroatoms. The van der Waals surface area contributed by atoms with Gasteiger partial charge in [0.15, 0.2) is 6.61 Å². The maximum Gasteiger partial charge on any atom is 0.338 e. The molecule has 7 nitrogen and oxygen atoms in total. The van der Waals surface area contributed by atoms with Crippen LogP contribution in [0.25, 0.3) is 0 Å². The lowest BCUT2D eigenvalue weighted by atomic mass is 10.2. The first-order chi connectivity index (χ1) is 13.1. The number of sulfonamides is 1. The number of carbonyl (C=O) groups is 2. The fraction of sp³-hybridized carbons (Fsp3) is 0.222. The number of esters is 1. The zero-order chi connectivity index (χ0) is 20.9. The lowest BCUT2D eigenvalue weighted by Gasteiger charge is -2.10. The van der Waals surface area contributed by atoms with E-state index < -0.39 is 28.5 Å². The van der Waals surface area contributed by atoms with Gasteiger partial charge < -0.3 is 10.1 Å². The summed E-state index contributed by atoms with van der Waals surface area (Å²) in [6.07, 6.45) is 0. The van der Waals surface area contributed by atoms with Crippen LogP contribution in [0.1, 0.15) is 24.2 Å². The van der Waals surface area contributed by atoms with E-state index in [0.29, 0.717) is 5.69 Å². The topological polar surface area (TPSA) is 102 Å². The first-order valence-electron chi connectivity index (χ1n) is 8.13. The van der Waals surface area contributed by atoms with E-state index in [0.717, 1.165) is 0 Å². The molecule has 2 aromatic rings. The molecule has 0 aliphatic heterocycles. The van der Waals surface area contributed by atoms with Crippen molar-refractivity contribution < 1.29 is 22.7 Å². The molecule has 0 aliphatic carbocycles. The molecule has 0 aromatic heterocycles. The summed E-state index contributed by atoms with van der Waals surface area (Å²) in [5.41, 5.74) is 0.402. The molecule has 0 saturated carbocycles. The molecule has 0 spiro atoms. The third-order valence-corrected chi connectivity index (χ3v) is 5.84. The summed E-state index contributed by atoms with van der Waals surface area (Å²) in [5.74, 6) is -1.37. The minimum atomic E-state index is -3.66. The third-order valence-electron chi connectivity index (χ3n) is 3.35. The maximum atomic E-state index is 12.1. The van der Waals surface area contributed by atoms with Crippen molar-refractivity contribution in [3.05, 3.63) is 58.1 Å². The molecule has 0 bridgehead atoms. The van der Waals surface area contributed by atoms with Gasteiger partial charge in [0.05, 0.1) is 26.2 Å². The molecule has 0 saturated heterocycles. The Bertz CT molecular complexity index is 976. The molecule has 0 fully saturated rings. The summed E-state index contributed by atoms with van der Waals surface area (Å²) in [5, 5.41) is 2.94. The van der Waals surface area contributed by atoms with E-state index in [9.17, 15) is 18.0 Å². The van der Waals surface area contributed by atoms with Crippen molar-refractivity contribution in [3.63, 3.8) is 0 Å². The predicted octanol–water partition coefficient (Wildman–Crippen LogP) is 3.48.